The molecule has 1 amide bonds. The summed E-state index contributed by atoms with van der Waals surface area (Å²) in [6, 6.07) is 5.66. The van der Waals surface area contributed by atoms with E-state index >= 15 is 0 Å². The maximum absolute atomic E-state index is 11.5. The zero-order valence-electron chi connectivity index (χ0n) is 10.8. The van der Waals surface area contributed by atoms with Crippen LogP contribution >= 0.6 is 0 Å². The molecular formula is C13H19NO3. The van der Waals surface area contributed by atoms with Crippen molar-refractivity contribution in [1.82, 2.24) is 4.90 Å². The van der Waals surface area contributed by atoms with Crippen LogP contribution in [0.5, 0.6) is 11.5 Å². The normalized spacial score (nSPS) is 9.88. The highest BCUT2D eigenvalue weighted by molar-refractivity contribution is 5.75. The Hall–Kier alpha value is -1.71. The molecule has 0 N–H and O–H groups in total. The van der Waals surface area contributed by atoms with Crippen molar-refractivity contribution in [2.45, 2.75) is 19.9 Å². The second kappa shape index (κ2) is 6.13. The zero-order chi connectivity index (χ0) is 12.8. The molecule has 0 fully saturated rings. The van der Waals surface area contributed by atoms with Crippen molar-refractivity contribution in [3.8, 4) is 11.5 Å². The molecule has 0 aliphatic rings. The van der Waals surface area contributed by atoms with Gasteiger partial charge in [0.25, 0.3) is 0 Å². The Morgan fingerprint density at radius 3 is 2.53 bits per heavy atom. The number of carbonyl (C=O) groups is 1. The van der Waals surface area contributed by atoms with Gasteiger partial charge in [-0.25, -0.2) is 0 Å². The molecule has 1 rings (SSSR count). The predicted molar refractivity (Wildman–Crippen MR) is 66.3 cm³/mol. The van der Waals surface area contributed by atoms with Crippen LogP contribution in [-0.4, -0.2) is 32.1 Å². The first-order chi connectivity index (χ1) is 8.13. The number of methoxy groups -OCH3 is 2. The van der Waals surface area contributed by atoms with Gasteiger partial charge in [-0.15, -0.1) is 0 Å². The van der Waals surface area contributed by atoms with E-state index in [1.54, 1.807) is 26.2 Å². The second-order valence-electron chi connectivity index (χ2n) is 3.76. The first-order valence-electron chi connectivity index (χ1n) is 5.57. The average molecular weight is 237 g/mol. The lowest BCUT2D eigenvalue weighted by molar-refractivity contribution is -0.130. The number of carbonyl (C=O) groups excluding carboxylic acids is 1. The monoisotopic (exact) mass is 237 g/mol. The lowest BCUT2D eigenvalue weighted by atomic mass is 10.1. The molecule has 0 saturated heterocycles. The Bertz CT molecular complexity index is 390. The van der Waals surface area contributed by atoms with E-state index < -0.39 is 0 Å². The van der Waals surface area contributed by atoms with E-state index in [9.17, 15) is 4.79 Å². The fourth-order valence-corrected chi connectivity index (χ4v) is 1.69. The van der Waals surface area contributed by atoms with E-state index in [2.05, 4.69) is 0 Å². The van der Waals surface area contributed by atoms with E-state index in [0.717, 1.165) is 5.56 Å². The topological polar surface area (TPSA) is 38.8 Å². The third-order valence-corrected chi connectivity index (χ3v) is 2.62. The predicted octanol–water partition coefficient (Wildman–Crippen LogP) is 2.07. The molecule has 0 spiro atoms. The summed E-state index contributed by atoms with van der Waals surface area (Å²) in [5, 5.41) is 0. The van der Waals surface area contributed by atoms with Crippen LogP contribution in [0.3, 0.4) is 0 Å². The van der Waals surface area contributed by atoms with Gasteiger partial charge in [0.15, 0.2) is 11.5 Å². The van der Waals surface area contributed by atoms with Gasteiger partial charge in [0, 0.05) is 25.6 Å². The second-order valence-corrected chi connectivity index (χ2v) is 3.76. The van der Waals surface area contributed by atoms with Crippen LogP contribution in [0.15, 0.2) is 18.2 Å². The number of benzene rings is 1. The molecule has 0 bridgehead atoms. The molecule has 1 aromatic rings. The largest absolute Gasteiger partial charge is 0.493 e. The van der Waals surface area contributed by atoms with Crippen molar-refractivity contribution in [3.05, 3.63) is 23.8 Å². The first-order valence-corrected chi connectivity index (χ1v) is 5.57. The van der Waals surface area contributed by atoms with Crippen molar-refractivity contribution in [1.29, 1.82) is 0 Å². The lowest BCUT2D eigenvalue weighted by Crippen LogP contribution is -2.25. The van der Waals surface area contributed by atoms with Gasteiger partial charge in [-0.3, -0.25) is 4.79 Å². The van der Waals surface area contributed by atoms with Gasteiger partial charge in [-0.1, -0.05) is 19.1 Å². The van der Waals surface area contributed by atoms with Crippen LogP contribution in [0, 0.1) is 0 Å². The van der Waals surface area contributed by atoms with Gasteiger partial charge in [0.2, 0.25) is 5.91 Å². The van der Waals surface area contributed by atoms with Crippen molar-refractivity contribution >= 4 is 5.91 Å². The molecule has 0 radical (unpaired) electrons. The Morgan fingerprint density at radius 2 is 2.00 bits per heavy atom. The number of nitrogens with zero attached hydrogens (tertiary/aromatic N) is 1. The smallest absolute Gasteiger partial charge is 0.222 e. The summed E-state index contributed by atoms with van der Waals surface area (Å²) < 4.78 is 10.5. The Morgan fingerprint density at radius 1 is 1.29 bits per heavy atom. The van der Waals surface area contributed by atoms with E-state index in [1.165, 1.54) is 0 Å². The Labute approximate surface area is 102 Å². The van der Waals surface area contributed by atoms with E-state index in [0.29, 0.717) is 24.5 Å². The van der Waals surface area contributed by atoms with E-state index in [1.807, 2.05) is 25.1 Å². The molecule has 0 aliphatic heterocycles. The summed E-state index contributed by atoms with van der Waals surface area (Å²) in [7, 11) is 4.98. The van der Waals surface area contributed by atoms with Crippen LogP contribution < -0.4 is 9.47 Å². The molecule has 0 saturated carbocycles. The summed E-state index contributed by atoms with van der Waals surface area (Å²) in [5.74, 6) is 1.47. The van der Waals surface area contributed by atoms with Gasteiger partial charge in [0.05, 0.1) is 14.2 Å². The average Bonchev–Trinajstić information content (AvgIpc) is 2.37. The van der Waals surface area contributed by atoms with Crippen LogP contribution in [0.1, 0.15) is 18.9 Å². The highest BCUT2D eigenvalue weighted by Crippen LogP contribution is 2.31. The van der Waals surface area contributed by atoms with E-state index in [-0.39, 0.29) is 5.91 Å². The molecule has 0 unspecified atom stereocenters. The molecule has 0 atom stereocenters. The third-order valence-electron chi connectivity index (χ3n) is 2.62. The molecule has 0 aromatic heterocycles. The van der Waals surface area contributed by atoms with Crippen LogP contribution in [0.2, 0.25) is 0 Å². The first kappa shape index (κ1) is 13.4. The molecule has 0 heterocycles. The third kappa shape index (κ3) is 3.12. The van der Waals surface area contributed by atoms with Gasteiger partial charge < -0.3 is 14.4 Å². The molecule has 1 aromatic carbocycles. The number of rotatable bonds is 5. The number of hydrogen-bond donors (Lipinski definition) is 0. The fraction of sp³-hybridized carbons (Fsp3) is 0.462. The lowest BCUT2D eigenvalue weighted by Gasteiger charge is -2.19. The minimum absolute atomic E-state index is 0.106. The molecule has 4 heteroatoms. The SMILES string of the molecule is CCC(=O)N(C)Cc1cccc(OC)c1OC. The van der Waals surface area contributed by atoms with E-state index in [4.69, 9.17) is 9.47 Å². The fourth-order valence-electron chi connectivity index (χ4n) is 1.69. The quantitative estimate of drug-likeness (QED) is 0.787. The number of ether oxygens (including phenoxy) is 2. The summed E-state index contributed by atoms with van der Waals surface area (Å²) in [6.07, 6.45) is 0.503. The molecule has 4 nitrogen and oxygen atoms in total. The minimum atomic E-state index is 0.106. The van der Waals surface area contributed by atoms with Gasteiger partial charge >= 0.3 is 0 Å². The summed E-state index contributed by atoms with van der Waals surface area (Å²) in [5.41, 5.74) is 0.941. The van der Waals surface area contributed by atoms with Crippen molar-refractivity contribution in [3.63, 3.8) is 0 Å². The molecule has 17 heavy (non-hydrogen) atoms. The summed E-state index contributed by atoms with van der Waals surface area (Å²) >= 11 is 0. The van der Waals surface area contributed by atoms with Crippen molar-refractivity contribution in [2.75, 3.05) is 21.3 Å². The molecule has 0 aliphatic carbocycles. The number of hydrogen-bond acceptors (Lipinski definition) is 3. The van der Waals surface area contributed by atoms with Gasteiger partial charge in [-0.05, 0) is 6.07 Å². The molecular weight excluding hydrogens is 218 g/mol. The Kier molecular flexibility index (Phi) is 4.82. The van der Waals surface area contributed by atoms with Crippen LogP contribution in [0.25, 0.3) is 0 Å². The Balaban J connectivity index is 2.94. The van der Waals surface area contributed by atoms with Crippen molar-refractivity contribution < 1.29 is 14.3 Å². The zero-order valence-corrected chi connectivity index (χ0v) is 10.8. The van der Waals surface area contributed by atoms with Gasteiger partial charge in [0.1, 0.15) is 0 Å². The van der Waals surface area contributed by atoms with Gasteiger partial charge in [-0.2, -0.15) is 0 Å². The maximum atomic E-state index is 11.5. The maximum Gasteiger partial charge on any atom is 0.222 e. The van der Waals surface area contributed by atoms with Crippen molar-refractivity contribution in [2.24, 2.45) is 0 Å². The highest BCUT2D eigenvalue weighted by Gasteiger charge is 2.13. The number of para-hydroxylation sites is 1. The minimum Gasteiger partial charge on any atom is -0.493 e. The summed E-state index contributed by atoms with van der Waals surface area (Å²) in [4.78, 5) is 13.2. The standard InChI is InChI=1S/C13H19NO3/c1-5-12(15)14(2)9-10-7-6-8-11(16-3)13(10)17-4/h6-8H,5,9H2,1-4H3. The summed E-state index contributed by atoms with van der Waals surface area (Å²) in [6.45, 7) is 2.37. The number of amides is 1. The molecule has 94 valence electrons. The highest BCUT2D eigenvalue weighted by atomic mass is 16.5. The van der Waals surface area contributed by atoms with Crippen LogP contribution in [0.4, 0.5) is 0 Å². The van der Waals surface area contributed by atoms with Crippen LogP contribution in [-0.2, 0) is 11.3 Å².